The number of cyclic esters (lactones) is 1. The Bertz CT molecular complexity index is 64.1. The summed E-state index contributed by atoms with van der Waals surface area (Å²) in [7, 11) is 0. The molecule has 0 aliphatic carbocycles. The quantitative estimate of drug-likeness (QED) is 0.443. The normalized spacial score (nSPS) is 18.0. The SMILES string of the molecule is I.O=C1CCCO1. The molecule has 1 heterocycles. The molecule has 42 valence electrons. The number of ether oxygens (including phenoxy) is 1. The summed E-state index contributed by atoms with van der Waals surface area (Å²) >= 11 is 0. The minimum absolute atomic E-state index is 0. The predicted octanol–water partition coefficient (Wildman–Crippen LogP) is 0.941. The van der Waals surface area contributed by atoms with Gasteiger partial charge in [0.1, 0.15) is 0 Å². The second kappa shape index (κ2) is 3.23. The first-order valence-corrected chi connectivity index (χ1v) is 2.05. The molecular weight excluding hydrogens is 207 g/mol. The number of esters is 1. The lowest BCUT2D eigenvalue weighted by molar-refractivity contribution is -0.137. The molecule has 0 aromatic carbocycles. The highest BCUT2D eigenvalue weighted by Crippen LogP contribution is 2.01. The lowest BCUT2D eigenvalue weighted by Gasteiger charge is -1.81. The second-order valence-electron chi connectivity index (χ2n) is 1.32. The maximum Gasteiger partial charge on any atom is 0.305 e. The Morgan fingerprint density at radius 3 is 2.43 bits per heavy atom. The molecule has 0 unspecified atom stereocenters. The van der Waals surface area contributed by atoms with E-state index in [1.165, 1.54) is 0 Å². The van der Waals surface area contributed by atoms with Gasteiger partial charge in [-0.25, -0.2) is 0 Å². The van der Waals surface area contributed by atoms with E-state index in [1.54, 1.807) is 0 Å². The van der Waals surface area contributed by atoms with Gasteiger partial charge in [0.2, 0.25) is 0 Å². The highest BCUT2D eigenvalue weighted by molar-refractivity contribution is 14.0. The largest absolute Gasteiger partial charge is 0.466 e. The molecule has 0 amide bonds. The zero-order valence-electron chi connectivity index (χ0n) is 3.85. The van der Waals surface area contributed by atoms with E-state index >= 15 is 0 Å². The standard InChI is InChI=1S/C4H6O2.HI/c5-4-2-1-3-6-4;/h1-3H2;1H. The number of rotatable bonds is 0. The van der Waals surface area contributed by atoms with Gasteiger partial charge < -0.3 is 4.74 Å². The van der Waals surface area contributed by atoms with E-state index in [9.17, 15) is 4.79 Å². The van der Waals surface area contributed by atoms with Gasteiger partial charge >= 0.3 is 5.97 Å². The third kappa shape index (κ3) is 2.11. The Kier molecular flexibility index (Phi) is 3.33. The molecule has 0 radical (unpaired) electrons. The van der Waals surface area contributed by atoms with Crippen molar-refractivity contribution in [3.8, 4) is 0 Å². The lowest BCUT2D eigenvalue weighted by Crippen LogP contribution is -1.88. The molecule has 1 fully saturated rings. The van der Waals surface area contributed by atoms with E-state index in [4.69, 9.17) is 0 Å². The third-order valence-corrected chi connectivity index (χ3v) is 0.788. The fourth-order valence-corrected chi connectivity index (χ4v) is 0.475. The van der Waals surface area contributed by atoms with Crippen LogP contribution in [0.2, 0.25) is 0 Å². The van der Waals surface area contributed by atoms with Gasteiger partial charge in [-0.2, -0.15) is 0 Å². The molecule has 1 aliphatic rings. The monoisotopic (exact) mass is 214 g/mol. The van der Waals surface area contributed by atoms with Crippen LogP contribution in [0.3, 0.4) is 0 Å². The summed E-state index contributed by atoms with van der Waals surface area (Å²) in [5.41, 5.74) is 0. The molecule has 2 nitrogen and oxygen atoms in total. The van der Waals surface area contributed by atoms with E-state index in [0.29, 0.717) is 13.0 Å². The molecule has 0 aromatic rings. The number of carbonyl (C=O) groups is 1. The first-order chi connectivity index (χ1) is 2.89. The average molecular weight is 214 g/mol. The van der Waals surface area contributed by atoms with Crippen LogP contribution in [0.5, 0.6) is 0 Å². The predicted molar refractivity (Wildman–Crippen MR) is 35.6 cm³/mol. The van der Waals surface area contributed by atoms with Gasteiger partial charge in [0.05, 0.1) is 6.61 Å². The van der Waals surface area contributed by atoms with E-state index < -0.39 is 0 Å². The third-order valence-electron chi connectivity index (χ3n) is 0.788. The number of halogens is 1. The molecule has 1 rings (SSSR count). The number of hydrogen-bond acceptors (Lipinski definition) is 2. The van der Waals surface area contributed by atoms with Crippen molar-refractivity contribution in [2.75, 3.05) is 6.61 Å². The molecule has 0 spiro atoms. The van der Waals surface area contributed by atoms with Crippen molar-refractivity contribution >= 4 is 29.9 Å². The molecule has 0 saturated carbocycles. The van der Waals surface area contributed by atoms with E-state index in [2.05, 4.69) is 4.74 Å². The maximum atomic E-state index is 10.0. The minimum Gasteiger partial charge on any atom is -0.466 e. The minimum atomic E-state index is -0.0463. The Balaban J connectivity index is 0.000000360. The zero-order chi connectivity index (χ0) is 4.41. The molecule has 0 N–H and O–H groups in total. The molecule has 3 heteroatoms. The second-order valence-corrected chi connectivity index (χ2v) is 1.32. The van der Waals surface area contributed by atoms with Crippen LogP contribution in [-0.2, 0) is 9.53 Å². The van der Waals surface area contributed by atoms with Gasteiger partial charge in [0, 0.05) is 6.42 Å². The van der Waals surface area contributed by atoms with Crippen LogP contribution in [0.25, 0.3) is 0 Å². The summed E-state index contributed by atoms with van der Waals surface area (Å²) in [6.07, 6.45) is 1.54. The van der Waals surface area contributed by atoms with Crippen LogP contribution in [0, 0.1) is 0 Å². The van der Waals surface area contributed by atoms with Gasteiger partial charge in [-0.1, -0.05) is 0 Å². The van der Waals surface area contributed by atoms with Crippen molar-refractivity contribution < 1.29 is 9.53 Å². The molecule has 1 saturated heterocycles. The van der Waals surface area contributed by atoms with Gasteiger partial charge in [0.15, 0.2) is 0 Å². The fourth-order valence-electron chi connectivity index (χ4n) is 0.475. The van der Waals surface area contributed by atoms with E-state index in [0.717, 1.165) is 6.42 Å². The molecular formula is C4H7IO2. The maximum absolute atomic E-state index is 10.0. The number of carbonyl (C=O) groups excluding carboxylic acids is 1. The lowest BCUT2D eigenvalue weighted by atomic mass is 10.4. The number of hydrogen-bond donors (Lipinski definition) is 0. The summed E-state index contributed by atoms with van der Waals surface area (Å²) in [6.45, 7) is 0.638. The van der Waals surface area contributed by atoms with Crippen molar-refractivity contribution in [2.45, 2.75) is 12.8 Å². The summed E-state index contributed by atoms with van der Waals surface area (Å²) in [5, 5.41) is 0. The Morgan fingerprint density at radius 1 is 1.57 bits per heavy atom. The van der Waals surface area contributed by atoms with E-state index in [-0.39, 0.29) is 29.9 Å². The van der Waals surface area contributed by atoms with Crippen molar-refractivity contribution in [3.05, 3.63) is 0 Å². The van der Waals surface area contributed by atoms with Crippen LogP contribution < -0.4 is 0 Å². The van der Waals surface area contributed by atoms with Crippen LogP contribution >= 0.6 is 24.0 Å². The van der Waals surface area contributed by atoms with Gasteiger partial charge in [-0.15, -0.1) is 24.0 Å². The first kappa shape index (κ1) is 7.20. The van der Waals surface area contributed by atoms with Crippen LogP contribution in [-0.4, -0.2) is 12.6 Å². The van der Waals surface area contributed by atoms with Crippen molar-refractivity contribution in [1.82, 2.24) is 0 Å². The average Bonchev–Trinajstić information content (AvgIpc) is 1.86. The highest BCUT2D eigenvalue weighted by Gasteiger charge is 2.08. The molecule has 0 atom stereocenters. The van der Waals surface area contributed by atoms with Crippen molar-refractivity contribution in [2.24, 2.45) is 0 Å². The first-order valence-electron chi connectivity index (χ1n) is 2.05. The summed E-state index contributed by atoms with van der Waals surface area (Å²) in [5.74, 6) is -0.0463. The molecule has 7 heavy (non-hydrogen) atoms. The zero-order valence-corrected chi connectivity index (χ0v) is 6.18. The Hall–Kier alpha value is 0.200. The highest BCUT2D eigenvalue weighted by atomic mass is 127. The summed E-state index contributed by atoms with van der Waals surface area (Å²) in [4.78, 5) is 10.0. The van der Waals surface area contributed by atoms with Crippen LogP contribution in [0.1, 0.15) is 12.8 Å². The summed E-state index contributed by atoms with van der Waals surface area (Å²) in [6, 6.07) is 0. The molecule has 1 aliphatic heterocycles. The van der Waals surface area contributed by atoms with Crippen LogP contribution in [0.15, 0.2) is 0 Å². The Labute approximate surface area is 59.2 Å². The smallest absolute Gasteiger partial charge is 0.305 e. The van der Waals surface area contributed by atoms with Crippen molar-refractivity contribution in [3.63, 3.8) is 0 Å². The summed E-state index contributed by atoms with van der Waals surface area (Å²) < 4.78 is 4.51. The van der Waals surface area contributed by atoms with Gasteiger partial charge in [-0.3, -0.25) is 4.79 Å². The molecule has 0 bridgehead atoms. The Morgan fingerprint density at radius 2 is 2.29 bits per heavy atom. The van der Waals surface area contributed by atoms with Gasteiger partial charge in [-0.05, 0) is 6.42 Å². The molecule has 0 aromatic heterocycles. The van der Waals surface area contributed by atoms with Crippen molar-refractivity contribution in [1.29, 1.82) is 0 Å². The topological polar surface area (TPSA) is 26.3 Å². The fraction of sp³-hybridized carbons (Fsp3) is 0.750. The van der Waals surface area contributed by atoms with E-state index in [1.807, 2.05) is 0 Å². The van der Waals surface area contributed by atoms with Crippen LogP contribution in [0.4, 0.5) is 0 Å². The van der Waals surface area contributed by atoms with Gasteiger partial charge in [0.25, 0.3) is 0 Å².